The number of fused-ring (bicyclic) bond motifs is 1. The minimum absolute atomic E-state index is 0.0662. The number of anilines is 1. The topological polar surface area (TPSA) is 60.9 Å². The lowest BCUT2D eigenvalue weighted by atomic mass is 10.1. The summed E-state index contributed by atoms with van der Waals surface area (Å²) in [5, 5.41) is 0. The van der Waals surface area contributed by atoms with Gasteiger partial charge in [0.05, 0.1) is 17.7 Å². The van der Waals surface area contributed by atoms with Crippen molar-refractivity contribution in [1.29, 1.82) is 0 Å². The first-order valence-electron chi connectivity index (χ1n) is 11.7. The summed E-state index contributed by atoms with van der Waals surface area (Å²) in [6.45, 7) is 2.83. The number of benzene rings is 3. The van der Waals surface area contributed by atoms with Crippen molar-refractivity contribution in [2.45, 2.75) is 25.9 Å². The molecule has 0 saturated carbocycles. The summed E-state index contributed by atoms with van der Waals surface area (Å²) in [6, 6.07) is 22.3. The van der Waals surface area contributed by atoms with E-state index in [-0.39, 0.29) is 24.3 Å². The van der Waals surface area contributed by atoms with Crippen LogP contribution in [0.4, 0.5) is 5.69 Å². The van der Waals surface area contributed by atoms with Crippen LogP contribution in [0.5, 0.6) is 0 Å². The van der Waals surface area contributed by atoms with Gasteiger partial charge in [0.25, 0.3) is 17.7 Å². The Balaban J connectivity index is 1.26. The first kappa shape index (κ1) is 21.9. The molecule has 0 N–H and O–H groups in total. The predicted molar refractivity (Wildman–Crippen MR) is 131 cm³/mol. The second kappa shape index (κ2) is 9.14. The maximum absolute atomic E-state index is 13.1. The van der Waals surface area contributed by atoms with Crippen LogP contribution in [0, 0.1) is 0 Å². The maximum atomic E-state index is 13.1. The minimum Gasteiger partial charge on any atom is -0.371 e. The Hall–Kier alpha value is -3.93. The smallest absolute Gasteiger partial charge is 0.261 e. The molecule has 6 heteroatoms. The molecule has 34 heavy (non-hydrogen) atoms. The molecule has 5 rings (SSSR count). The summed E-state index contributed by atoms with van der Waals surface area (Å²) in [5.74, 6) is -0.627. The van der Waals surface area contributed by atoms with E-state index in [2.05, 4.69) is 17.0 Å². The van der Waals surface area contributed by atoms with Crippen molar-refractivity contribution in [3.8, 4) is 0 Å². The molecule has 0 spiro atoms. The third-order valence-electron chi connectivity index (χ3n) is 6.61. The molecule has 6 nitrogen and oxygen atoms in total. The molecule has 0 radical (unpaired) electrons. The van der Waals surface area contributed by atoms with Gasteiger partial charge >= 0.3 is 0 Å². The quantitative estimate of drug-likeness (QED) is 0.521. The molecule has 3 aromatic carbocycles. The van der Waals surface area contributed by atoms with E-state index in [0.717, 1.165) is 24.2 Å². The molecule has 3 amide bonds. The Morgan fingerprint density at radius 2 is 1.41 bits per heavy atom. The average Bonchev–Trinajstić information content (AvgIpc) is 3.48. The van der Waals surface area contributed by atoms with E-state index in [1.807, 2.05) is 31.3 Å². The summed E-state index contributed by atoms with van der Waals surface area (Å²) in [7, 11) is 1.82. The molecular formula is C28H27N3O3. The Morgan fingerprint density at radius 1 is 0.824 bits per heavy atom. The van der Waals surface area contributed by atoms with Gasteiger partial charge in [0, 0.05) is 37.9 Å². The van der Waals surface area contributed by atoms with Gasteiger partial charge in [-0.05, 0) is 54.3 Å². The number of hydrogen-bond acceptors (Lipinski definition) is 4. The molecule has 2 heterocycles. The van der Waals surface area contributed by atoms with Crippen LogP contribution < -0.4 is 4.90 Å². The van der Waals surface area contributed by atoms with Crippen LogP contribution >= 0.6 is 0 Å². The van der Waals surface area contributed by atoms with Gasteiger partial charge in [-0.15, -0.1) is 0 Å². The summed E-state index contributed by atoms with van der Waals surface area (Å²) in [6.07, 6.45) is 2.41. The van der Waals surface area contributed by atoms with Gasteiger partial charge in [-0.3, -0.25) is 19.3 Å². The van der Waals surface area contributed by atoms with E-state index in [9.17, 15) is 14.4 Å². The highest BCUT2D eigenvalue weighted by molar-refractivity contribution is 6.21. The van der Waals surface area contributed by atoms with Crippen LogP contribution in [-0.2, 0) is 13.1 Å². The number of hydrogen-bond donors (Lipinski definition) is 0. The molecule has 0 aliphatic carbocycles. The molecule has 3 aromatic rings. The molecule has 0 bridgehead atoms. The Labute approximate surface area is 199 Å². The van der Waals surface area contributed by atoms with Crippen molar-refractivity contribution in [1.82, 2.24) is 9.80 Å². The van der Waals surface area contributed by atoms with E-state index in [1.54, 1.807) is 41.3 Å². The summed E-state index contributed by atoms with van der Waals surface area (Å²) in [4.78, 5) is 43.7. The number of carbonyl (C=O) groups excluding carboxylic acids is 3. The van der Waals surface area contributed by atoms with E-state index in [1.165, 1.54) is 23.4 Å². The summed E-state index contributed by atoms with van der Waals surface area (Å²) in [5.41, 5.74) is 4.60. The molecule has 2 aliphatic heterocycles. The predicted octanol–water partition coefficient (Wildman–Crippen LogP) is 4.36. The fourth-order valence-electron chi connectivity index (χ4n) is 4.78. The molecule has 172 valence electrons. The number of amides is 3. The van der Waals surface area contributed by atoms with Crippen molar-refractivity contribution < 1.29 is 14.4 Å². The molecule has 1 fully saturated rings. The van der Waals surface area contributed by atoms with Crippen LogP contribution in [0.1, 0.15) is 55.0 Å². The number of para-hydroxylation sites is 1. The van der Waals surface area contributed by atoms with Crippen LogP contribution in [-0.4, -0.2) is 47.7 Å². The SMILES string of the molecule is CN(Cc1ccccc1N1CCCC1)C(=O)c1ccc(CN2C(=O)c3ccccc3C2=O)cc1. The third kappa shape index (κ3) is 4.07. The average molecular weight is 454 g/mol. The Bertz CT molecular complexity index is 1210. The second-order valence-corrected chi connectivity index (χ2v) is 8.92. The van der Waals surface area contributed by atoms with Gasteiger partial charge in [-0.1, -0.05) is 42.5 Å². The fourth-order valence-corrected chi connectivity index (χ4v) is 4.78. The van der Waals surface area contributed by atoms with E-state index in [0.29, 0.717) is 23.2 Å². The van der Waals surface area contributed by atoms with Crippen LogP contribution in [0.2, 0.25) is 0 Å². The first-order valence-corrected chi connectivity index (χ1v) is 11.7. The van der Waals surface area contributed by atoms with Gasteiger partial charge in [0.15, 0.2) is 0 Å². The van der Waals surface area contributed by atoms with E-state index < -0.39 is 0 Å². The van der Waals surface area contributed by atoms with E-state index >= 15 is 0 Å². The molecule has 1 saturated heterocycles. The number of nitrogens with zero attached hydrogens (tertiary/aromatic N) is 3. The highest BCUT2D eigenvalue weighted by atomic mass is 16.2. The number of imide groups is 1. The third-order valence-corrected chi connectivity index (χ3v) is 6.61. The van der Waals surface area contributed by atoms with Crippen LogP contribution in [0.3, 0.4) is 0 Å². The molecule has 0 atom stereocenters. The maximum Gasteiger partial charge on any atom is 0.261 e. The Morgan fingerprint density at radius 3 is 2.06 bits per heavy atom. The molecule has 2 aliphatic rings. The standard InChI is InChI=1S/C28H27N3O3/c1-29(19-22-8-2-5-11-25(22)30-16-6-7-17-30)26(32)21-14-12-20(13-15-21)18-31-27(33)23-9-3-4-10-24(23)28(31)34/h2-5,8-15H,6-7,16-19H2,1H3. The monoisotopic (exact) mass is 453 g/mol. The second-order valence-electron chi connectivity index (χ2n) is 8.92. The lowest BCUT2D eigenvalue weighted by Gasteiger charge is -2.24. The van der Waals surface area contributed by atoms with Gasteiger partial charge in [-0.2, -0.15) is 0 Å². The highest BCUT2D eigenvalue weighted by Gasteiger charge is 2.34. The van der Waals surface area contributed by atoms with Gasteiger partial charge in [0.1, 0.15) is 0 Å². The fraction of sp³-hybridized carbons (Fsp3) is 0.250. The number of rotatable bonds is 6. The van der Waals surface area contributed by atoms with Crippen molar-refractivity contribution in [2.75, 3.05) is 25.0 Å². The van der Waals surface area contributed by atoms with Crippen LogP contribution in [0.15, 0.2) is 72.8 Å². The largest absolute Gasteiger partial charge is 0.371 e. The van der Waals surface area contributed by atoms with Gasteiger partial charge in [-0.25, -0.2) is 0 Å². The zero-order valence-corrected chi connectivity index (χ0v) is 19.2. The number of carbonyl (C=O) groups is 3. The summed E-state index contributed by atoms with van der Waals surface area (Å²) < 4.78 is 0. The van der Waals surface area contributed by atoms with Crippen molar-refractivity contribution in [3.63, 3.8) is 0 Å². The van der Waals surface area contributed by atoms with Crippen molar-refractivity contribution in [2.24, 2.45) is 0 Å². The summed E-state index contributed by atoms with van der Waals surface area (Å²) >= 11 is 0. The van der Waals surface area contributed by atoms with Gasteiger partial charge in [0.2, 0.25) is 0 Å². The van der Waals surface area contributed by atoms with Gasteiger partial charge < -0.3 is 9.80 Å². The van der Waals surface area contributed by atoms with Crippen molar-refractivity contribution >= 4 is 23.4 Å². The normalized spacial score (nSPS) is 15.1. The highest BCUT2D eigenvalue weighted by Crippen LogP contribution is 2.26. The lowest BCUT2D eigenvalue weighted by molar-refractivity contribution is 0.0641. The molecule has 0 unspecified atom stereocenters. The zero-order valence-electron chi connectivity index (χ0n) is 19.2. The molecular weight excluding hydrogens is 426 g/mol. The first-order chi connectivity index (χ1) is 16.5. The Kier molecular flexibility index (Phi) is 5.88. The zero-order chi connectivity index (χ0) is 23.7. The molecule has 0 aromatic heterocycles. The van der Waals surface area contributed by atoms with Crippen LogP contribution in [0.25, 0.3) is 0 Å². The van der Waals surface area contributed by atoms with E-state index in [4.69, 9.17) is 0 Å². The lowest BCUT2D eigenvalue weighted by Crippen LogP contribution is -2.29. The minimum atomic E-state index is -0.280. The van der Waals surface area contributed by atoms with Crippen molar-refractivity contribution in [3.05, 3.63) is 101 Å².